The summed E-state index contributed by atoms with van der Waals surface area (Å²) in [6.07, 6.45) is 3.29. The average molecular weight is 234 g/mol. The molecule has 0 aromatic heterocycles. The highest BCUT2D eigenvalue weighted by atomic mass is 32.2. The van der Waals surface area contributed by atoms with E-state index >= 15 is 0 Å². The predicted molar refractivity (Wildman–Crippen MR) is 62.6 cm³/mol. The van der Waals surface area contributed by atoms with E-state index in [-0.39, 0.29) is 23.2 Å². The van der Waals surface area contributed by atoms with E-state index in [1.54, 1.807) is 6.92 Å². The van der Waals surface area contributed by atoms with Gasteiger partial charge < -0.3 is 0 Å². The van der Waals surface area contributed by atoms with Gasteiger partial charge in [0.05, 0.1) is 5.75 Å². The molecule has 90 valence electrons. The van der Waals surface area contributed by atoms with Crippen LogP contribution in [-0.2, 0) is 14.6 Å². The minimum Gasteiger partial charge on any atom is -0.298 e. The lowest BCUT2D eigenvalue weighted by molar-refractivity contribution is -0.119. The second-order valence-corrected chi connectivity index (χ2v) is 6.26. The fraction of sp³-hybridized carbons (Fsp3) is 0.909. The lowest BCUT2D eigenvalue weighted by Gasteiger charge is -2.07. The molecule has 0 bridgehead atoms. The third-order valence-corrected chi connectivity index (χ3v) is 4.22. The van der Waals surface area contributed by atoms with E-state index in [2.05, 4.69) is 0 Å². The minimum absolute atomic E-state index is 0.133. The Kier molecular flexibility index (Phi) is 6.81. The Labute approximate surface area is 93.2 Å². The molecule has 0 aromatic carbocycles. The summed E-state index contributed by atoms with van der Waals surface area (Å²) in [7, 11) is -3.16. The summed E-state index contributed by atoms with van der Waals surface area (Å²) in [4.78, 5) is 11.4. The van der Waals surface area contributed by atoms with Crippen LogP contribution < -0.4 is 0 Å². The van der Waals surface area contributed by atoms with Gasteiger partial charge >= 0.3 is 0 Å². The summed E-state index contributed by atoms with van der Waals surface area (Å²) >= 11 is 0. The molecule has 0 aliphatic rings. The molecular formula is C11H22O3S. The topological polar surface area (TPSA) is 51.2 Å². The van der Waals surface area contributed by atoms with Crippen molar-refractivity contribution in [2.45, 2.75) is 46.5 Å². The zero-order valence-electron chi connectivity index (χ0n) is 9.95. The van der Waals surface area contributed by atoms with Crippen molar-refractivity contribution >= 4 is 15.6 Å². The Balaban J connectivity index is 4.08. The Morgan fingerprint density at radius 3 is 2.27 bits per heavy atom. The van der Waals surface area contributed by atoms with E-state index in [9.17, 15) is 13.2 Å². The molecule has 0 heterocycles. The van der Waals surface area contributed by atoms with Gasteiger partial charge in [-0.25, -0.2) is 8.42 Å². The van der Waals surface area contributed by atoms with Crippen LogP contribution >= 0.6 is 0 Å². The van der Waals surface area contributed by atoms with Gasteiger partial charge in [0, 0.05) is 5.92 Å². The molecular weight excluding hydrogens is 212 g/mol. The van der Waals surface area contributed by atoms with Gasteiger partial charge in [-0.15, -0.1) is 0 Å². The number of carbonyl (C=O) groups excluding carboxylic acids is 1. The largest absolute Gasteiger partial charge is 0.298 e. The maximum atomic E-state index is 11.5. The molecule has 0 fully saturated rings. The smallest absolute Gasteiger partial charge is 0.157 e. The quantitative estimate of drug-likeness (QED) is 0.605. The third kappa shape index (κ3) is 6.66. The highest BCUT2D eigenvalue weighted by Crippen LogP contribution is 2.07. The lowest BCUT2D eigenvalue weighted by atomic mass is 10.1. The van der Waals surface area contributed by atoms with E-state index in [4.69, 9.17) is 0 Å². The van der Waals surface area contributed by atoms with Crippen LogP contribution in [0.1, 0.15) is 46.5 Å². The highest BCUT2D eigenvalue weighted by molar-refractivity contribution is 7.92. The summed E-state index contributed by atoms with van der Waals surface area (Å²) in [6, 6.07) is 0. The SMILES string of the molecule is CCCCCS(=O)(=O)CC(=O)C(C)CC. The van der Waals surface area contributed by atoms with E-state index in [1.165, 1.54) is 0 Å². The Morgan fingerprint density at radius 1 is 1.20 bits per heavy atom. The van der Waals surface area contributed by atoms with Crippen molar-refractivity contribution in [3.63, 3.8) is 0 Å². The normalized spacial score (nSPS) is 13.8. The van der Waals surface area contributed by atoms with Crippen LogP contribution in [0.2, 0.25) is 0 Å². The molecule has 0 spiro atoms. The summed E-state index contributed by atoms with van der Waals surface area (Å²) in [5.41, 5.74) is 0. The van der Waals surface area contributed by atoms with Crippen LogP contribution in [0.5, 0.6) is 0 Å². The summed E-state index contributed by atoms with van der Waals surface area (Å²) in [5, 5.41) is 0. The van der Waals surface area contributed by atoms with Gasteiger partial charge in [0.2, 0.25) is 0 Å². The Hall–Kier alpha value is -0.380. The average Bonchev–Trinajstić information content (AvgIpc) is 2.16. The van der Waals surface area contributed by atoms with Gasteiger partial charge in [-0.3, -0.25) is 4.79 Å². The van der Waals surface area contributed by atoms with Crippen LogP contribution in [0, 0.1) is 5.92 Å². The molecule has 0 radical (unpaired) electrons. The number of hydrogen-bond acceptors (Lipinski definition) is 3. The fourth-order valence-electron chi connectivity index (χ4n) is 1.23. The predicted octanol–water partition coefficient (Wildman–Crippen LogP) is 2.21. The lowest BCUT2D eigenvalue weighted by Crippen LogP contribution is -2.23. The van der Waals surface area contributed by atoms with E-state index in [0.717, 1.165) is 12.8 Å². The molecule has 4 heteroatoms. The molecule has 0 aromatic rings. The van der Waals surface area contributed by atoms with E-state index < -0.39 is 9.84 Å². The first-order chi connectivity index (χ1) is 6.93. The van der Waals surface area contributed by atoms with Gasteiger partial charge in [0.1, 0.15) is 5.75 Å². The first-order valence-corrected chi connectivity index (χ1v) is 7.48. The number of sulfone groups is 1. The molecule has 1 atom stereocenters. The van der Waals surface area contributed by atoms with Crippen LogP contribution in [0.3, 0.4) is 0 Å². The number of Topliss-reactive ketones (excluding diaryl/α,β-unsaturated/α-hetero) is 1. The summed E-state index contributed by atoms with van der Waals surface area (Å²) in [6.45, 7) is 5.70. The van der Waals surface area contributed by atoms with Crippen LogP contribution in [-0.4, -0.2) is 25.7 Å². The van der Waals surface area contributed by atoms with Crippen molar-refractivity contribution in [3.8, 4) is 0 Å². The molecule has 0 rings (SSSR count). The first-order valence-electron chi connectivity index (χ1n) is 5.66. The fourth-order valence-corrected chi connectivity index (χ4v) is 2.74. The molecule has 0 saturated heterocycles. The molecule has 0 aliphatic heterocycles. The van der Waals surface area contributed by atoms with Crippen LogP contribution in [0.4, 0.5) is 0 Å². The van der Waals surface area contributed by atoms with Crippen molar-refractivity contribution in [3.05, 3.63) is 0 Å². The Bertz CT molecular complexity index is 280. The van der Waals surface area contributed by atoms with Crippen molar-refractivity contribution in [2.24, 2.45) is 5.92 Å². The number of ketones is 1. The zero-order chi connectivity index (χ0) is 11.9. The van der Waals surface area contributed by atoms with Crippen molar-refractivity contribution in [1.29, 1.82) is 0 Å². The van der Waals surface area contributed by atoms with Crippen LogP contribution in [0.15, 0.2) is 0 Å². The maximum Gasteiger partial charge on any atom is 0.157 e. The number of unbranched alkanes of at least 4 members (excludes halogenated alkanes) is 2. The van der Waals surface area contributed by atoms with E-state index in [0.29, 0.717) is 12.8 Å². The molecule has 15 heavy (non-hydrogen) atoms. The van der Waals surface area contributed by atoms with Gasteiger partial charge in [-0.2, -0.15) is 0 Å². The Morgan fingerprint density at radius 2 is 1.80 bits per heavy atom. The number of rotatable bonds is 8. The van der Waals surface area contributed by atoms with Crippen molar-refractivity contribution in [1.82, 2.24) is 0 Å². The van der Waals surface area contributed by atoms with Crippen molar-refractivity contribution < 1.29 is 13.2 Å². The standard InChI is InChI=1S/C11H22O3S/c1-4-6-7-8-15(13,14)9-11(12)10(3)5-2/h10H,4-9H2,1-3H3. The zero-order valence-corrected chi connectivity index (χ0v) is 10.8. The van der Waals surface area contributed by atoms with Gasteiger partial charge in [-0.05, 0) is 12.8 Å². The molecule has 1 unspecified atom stereocenters. The molecule has 0 aliphatic carbocycles. The first kappa shape index (κ1) is 14.6. The van der Waals surface area contributed by atoms with E-state index in [1.807, 2.05) is 13.8 Å². The van der Waals surface area contributed by atoms with Gasteiger partial charge in [-0.1, -0.05) is 33.6 Å². The summed E-state index contributed by atoms with van der Waals surface area (Å²) < 4.78 is 23.0. The maximum absolute atomic E-state index is 11.5. The highest BCUT2D eigenvalue weighted by Gasteiger charge is 2.19. The molecule has 3 nitrogen and oxygen atoms in total. The molecule has 0 amide bonds. The van der Waals surface area contributed by atoms with Gasteiger partial charge in [0.25, 0.3) is 0 Å². The van der Waals surface area contributed by atoms with Gasteiger partial charge in [0.15, 0.2) is 15.6 Å². The molecule has 0 saturated carbocycles. The second-order valence-electron chi connectivity index (χ2n) is 4.07. The third-order valence-electron chi connectivity index (χ3n) is 2.58. The molecule has 0 N–H and O–H groups in total. The van der Waals surface area contributed by atoms with Crippen molar-refractivity contribution in [2.75, 3.05) is 11.5 Å². The number of hydrogen-bond donors (Lipinski definition) is 0. The number of carbonyl (C=O) groups is 1. The summed E-state index contributed by atoms with van der Waals surface area (Å²) in [5.74, 6) is -0.394. The monoisotopic (exact) mass is 234 g/mol. The van der Waals surface area contributed by atoms with Crippen LogP contribution in [0.25, 0.3) is 0 Å². The minimum atomic E-state index is -3.16. The second kappa shape index (κ2) is 6.99.